The summed E-state index contributed by atoms with van der Waals surface area (Å²) < 4.78 is 38.7. The highest BCUT2D eigenvalue weighted by Crippen LogP contribution is 2.27. The van der Waals surface area contributed by atoms with Crippen molar-refractivity contribution in [3.8, 4) is 5.75 Å². The molecule has 0 radical (unpaired) electrons. The topological polar surface area (TPSA) is 42.0 Å². The number of nitrogens with zero attached hydrogens (tertiary/aromatic N) is 2. The van der Waals surface area contributed by atoms with E-state index < -0.39 is 11.6 Å². The lowest BCUT2D eigenvalue weighted by Crippen LogP contribution is -2.51. The predicted molar refractivity (Wildman–Crippen MR) is 122 cm³/mol. The number of fused-ring (bicyclic) bond motifs is 3. The van der Waals surface area contributed by atoms with Gasteiger partial charge in [0.1, 0.15) is 12.4 Å². The maximum atomic E-state index is 13.7. The molecule has 1 saturated heterocycles. The minimum absolute atomic E-state index is 0.0317. The molecular weight excluding hydrogens is 426 g/mol. The van der Waals surface area contributed by atoms with E-state index in [1.54, 1.807) is 19.2 Å². The van der Waals surface area contributed by atoms with Crippen molar-refractivity contribution in [2.75, 3.05) is 33.4 Å². The lowest BCUT2D eigenvalue weighted by atomic mass is 9.93. The van der Waals surface area contributed by atoms with Crippen molar-refractivity contribution in [2.24, 2.45) is 0 Å². The molecule has 2 atom stereocenters. The highest BCUT2D eigenvalue weighted by molar-refractivity contribution is 5.95. The molecule has 0 aromatic heterocycles. The Bertz CT molecular complexity index is 955. The quantitative estimate of drug-likeness (QED) is 0.672. The molecule has 0 spiro atoms. The highest BCUT2D eigenvalue weighted by Gasteiger charge is 2.34. The molecular formula is C26H32F2N2O3. The van der Waals surface area contributed by atoms with Crippen molar-refractivity contribution in [3.63, 3.8) is 0 Å². The van der Waals surface area contributed by atoms with Gasteiger partial charge in [-0.15, -0.1) is 0 Å². The number of ether oxygens (including phenoxy) is 2. The van der Waals surface area contributed by atoms with Crippen LogP contribution in [0.25, 0.3) is 0 Å². The van der Waals surface area contributed by atoms with Gasteiger partial charge in [-0.3, -0.25) is 9.69 Å². The molecule has 2 aliphatic rings. The van der Waals surface area contributed by atoms with Crippen LogP contribution in [0.15, 0.2) is 42.5 Å². The molecule has 0 N–H and O–H groups in total. The van der Waals surface area contributed by atoms with E-state index in [-0.39, 0.29) is 18.1 Å². The summed E-state index contributed by atoms with van der Waals surface area (Å²) in [6.07, 6.45) is 4.68. The number of rotatable bonds is 3. The second kappa shape index (κ2) is 11.1. The van der Waals surface area contributed by atoms with Crippen LogP contribution >= 0.6 is 0 Å². The van der Waals surface area contributed by atoms with Crippen LogP contribution in [0.4, 0.5) is 8.78 Å². The molecule has 2 aromatic rings. The smallest absolute Gasteiger partial charge is 0.254 e. The van der Waals surface area contributed by atoms with Crippen LogP contribution in [0.2, 0.25) is 0 Å². The first-order valence-corrected chi connectivity index (χ1v) is 11.8. The van der Waals surface area contributed by atoms with Crippen LogP contribution in [0.1, 0.15) is 48.0 Å². The van der Waals surface area contributed by atoms with Crippen molar-refractivity contribution in [1.82, 2.24) is 9.80 Å². The van der Waals surface area contributed by atoms with Gasteiger partial charge in [0.25, 0.3) is 5.91 Å². The maximum absolute atomic E-state index is 13.7. The number of amides is 1. The second-order valence-electron chi connectivity index (χ2n) is 8.88. The third-order valence-corrected chi connectivity index (χ3v) is 6.65. The third kappa shape index (κ3) is 5.89. The zero-order valence-corrected chi connectivity index (χ0v) is 19.1. The SMILES string of the molecule is CO[C@H]1CCCN2C(=O)c3cccc(c3)OCCN(Cc3ccc(F)c(F)c3)CCCC[C@@H]12. The molecule has 0 aliphatic carbocycles. The molecule has 1 fully saturated rings. The number of hydrogen-bond donors (Lipinski definition) is 0. The van der Waals surface area contributed by atoms with E-state index in [4.69, 9.17) is 9.47 Å². The molecule has 33 heavy (non-hydrogen) atoms. The number of carbonyl (C=O) groups is 1. The van der Waals surface area contributed by atoms with Gasteiger partial charge in [0.2, 0.25) is 0 Å². The van der Waals surface area contributed by atoms with E-state index in [2.05, 4.69) is 4.90 Å². The number of piperidine rings is 1. The highest BCUT2D eigenvalue weighted by atomic mass is 19.2. The lowest BCUT2D eigenvalue weighted by Gasteiger charge is -2.41. The van der Waals surface area contributed by atoms with Gasteiger partial charge in [0.15, 0.2) is 11.6 Å². The van der Waals surface area contributed by atoms with Gasteiger partial charge in [0.05, 0.1) is 12.1 Å². The van der Waals surface area contributed by atoms with Crippen LogP contribution in [0.3, 0.4) is 0 Å². The zero-order valence-electron chi connectivity index (χ0n) is 19.1. The van der Waals surface area contributed by atoms with Crippen molar-refractivity contribution in [2.45, 2.75) is 50.8 Å². The van der Waals surface area contributed by atoms with Gasteiger partial charge in [-0.05, 0) is 68.1 Å². The van der Waals surface area contributed by atoms with E-state index in [1.807, 2.05) is 23.1 Å². The Balaban J connectivity index is 1.53. The number of benzene rings is 2. The lowest BCUT2D eigenvalue weighted by molar-refractivity contribution is -0.0156. The summed E-state index contributed by atoms with van der Waals surface area (Å²) in [6.45, 7) is 3.15. The van der Waals surface area contributed by atoms with E-state index in [1.165, 1.54) is 12.1 Å². The summed E-state index contributed by atoms with van der Waals surface area (Å²) >= 11 is 0. The van der Waals surface area contributed by atoms with Gasteiger partial charge < -0.3 is 14.4 Å². The average Bonchev–Trinajstić information content (AvgIpc) is 2.83. The first-order chi connectivity index (χ1) is 16.0. The first kappa shape index (κ1) is 23.6. The Hall–Kier alpha value is -2.51. The molecule has 4 rings (SSSR count). The molecule has 5 nitrogen and oxygen atoms in total. The average molecular weight is 459 g/mol. The summed E-state index contributed by atoms with van der Waals surface area (Å²) in [5, 5.41) is 0. The van der Waals surface area contributed by atoms with Crippen LogP contribution in [0.5, 0.6) is 5.75 Å². The molecule has 0 saturated carbocycles. The third-order valence-electron chi connectivity index (χ3n) is 6.65. The van der Waals surface area contributed by atoms with Crippen LogP contribution in [-0.2, 0) is 11.3 Å². The Morgan fingerprint density at radius 1 is 1.00 bits per heavy atom. The standard InChI is InChI=1S/C26H32F2N2O3/c1-32-25-9-5-13-30-24(25)8-2-3-12-29(18-19-10-11-22(27)23(28)16-19)14-15-33-21-7-4-6-20(17-21)26(30)31/h4,6-7,10-11,16-17,24-25H,2-3,5,8-9,12-15,18H2,1H3/t24-,25-/m0/s1. The number of halogens is 2. The Kier molecular flexibility index (Phi) is 7.93. The van der Waals surface area contributed by atoms with Crippen molar-refractivity contribution < 1.29 is 23.0 Å². The predicted octanol–water partition coefficient (Wildman–Crippen LogP) is 4.65. The summed E-state index contributed by atoms with van der Waals surface area (Å²) in [4.78, 5) is 17.5. The molecule has 7 heteroatoms. The van der Waals surface area contributed by atoms with Crippen LogP contribution in [0, 0.1) is 11.6 Å². The first-order valence-electron chi connectivity index (χ1n) is 11.8. The zero-order chi connectivity index (χ0) is 23.2. The van der Waals surface area contributed by atoms with Gasteiger partial charge in [-0.25, -0.2) is 8.78 Å². The molecule has 178 valence electrons. The van der Waals surface area contributed by atoms with Crippen molar-refractivity contribution in [1.29, 1.82) is 0 Å². The van der Waals surface area contributed by atoms with E-state index >= 15 is 0 Å². The summed E-state index contributed by atoms with van der Waals surface area (Å²) in [7, 11) is 1.72. The fourth-order valence-electron chi connectivity index (χ4n) is 4.92. The summed E-state index contributed by atoms with van der Waals surface area (Å²) in [6, 6.07) is 11.5. The minimum Gasteiger partial charge on any atom is -0.492 e. The summed E-state index contributed by atoms with van der Waals surface area (Å²) in [5.41, 5.74) is 1.37. The fourth-order valence-corrected chi connectivity index (χ4v) is 4.92. The summed E-state index contributed by atoms with van der Waals surface area (Å²) in [5.74, 6) is -0.968. The van der Waals surface area contributed by atoms with Gasteiger partial charge >= 0.3 is 0 Å². The normalized spacial score (nSPS) is 22.9. The fraction of sp³-hybridized carbons (Fsp3) is 0.500. The van der Waals surface area contributed by atoms with E-state index in [0.717, 1.165) is 50.8 Å². The van der Waals surface area contributed by atoms with E-state index in [9.17, 15) is 13.6 Å². The Morgan fingerprint density at radius 2 is 1.88 bits per heavy atom. The maximum Gasteiger partial charge on any atom is 0.254 e. The van der Waals surface area contributed by atoms with Gasteiger partial charge in [-0.1, -0.05) is 18.6 Å². The second-order valence-corrected chi connectivity index (χ2v) is 8.88. The minimum atomic E-state index is -0.831. The van der Waals surface area contributed by atoms with Crippen molar-refractivity contribution in [3.05, 3.63) is 65.2 Å². The molecule has 1 amide bonds. The molecule has 2 aliphatic heterocycles. The Morgan fingerprint density at radius 3 is 2.70 bits per heavy atom. The van der Waals surface area contributed by atoms with Crippen LogP contribution in [-0.4, -0.2) is 61.2 Å². The van der Waals surface area contributed by atoms with Gasteiger partial charge in [-0.2, -0.15) is 0 Å². The van der Waals surface area contributed by atoms with Crippen molar-refractivity contribution >= 4 is 5.91 Å². The van der Waals surface area contributed by atoms with Crippen LogP contribution < -0.4 is 4.74 Å². The number of hydrogen-bond acceptors (Lipinski definition) is 4. The molecule has 0 unspecified atom stereocenters. The monoisotopic (exact) mass is 458 g/mol. The number of carbonyl (C=O) groups excluding carboxylic acids is 1. The number of methoxy groups -OCH3 is 1. The molecule has 2 bridgehead atoms. The Labute approximate surface area is 194 Å². The van der Waals surface area contributed by atoms with Gasteiger partial charge in [0, 0.05) is 32.3 Å². The van der Waals surface area contributed by atoms with E-state index in [0.29, 0.717) is 31.0 Å². The molecule has 2 aromatic carbocycles. The largest absolute Gasteiger partial charge is 0.492 e. The molecule has 2 heterocycles.